The van der Waals surface area contributed by atoms with Gasteiger partial charge in [-0.3, -0.25) is 19.3 Å². The topological polar surface area (TPSA) is 184 Å². The van der Waals surface area contributed by atoms with Crippen molar-refractivity contribution in [1.82, 2.24) is 29.5 Å². The van der Waals surface area contributed by atoms with E-state index in [0.29, 0.717) is 35.0 Å². The second-order valence-corrected chi connectivity index (χ2v) is 18.0. The number of alkyl carbamates (subject to hydrolysis) is 1. The van der Waals surface area contributed by atoms with Gasteiger partial charge >= 0.3 is 22.4 Å². The predicted octanol–water partition coefficient (Wildman–Crippen LogP) is 3.75. The second-order valence-electron chi connectivity index (χ2n) is 15.9. The van der Waals surface area contributed by atoms with Gasteiger partial charge in [0.1, 0.15) is 29.3 Å². The average molecular weight is 813 g/mol. The van der Waals surface area contributed by atoms with E-state index in [1.165, 1.54) is 9.80 Å². The molecule has 55 heavy (non-hydrogen) atoms. The van der Waals surface area contributed by atoms with E-state index < -0.39 is 101 Å². The number of allylic oxidation sites excluding steroid dienone is 1. The number of carbonyl (C=O) groups excluding carboxylic acids is 5. The molecule has 4 aliphatic heterocycles. The number of rotatable bonds is 5. The first-order valence-corrected chi connectivity index (χ1v) is 20.3. The number of nitrogens with one attached hydrogen (secondary N) is 3. The van der Waals surface area contributed by atoms with Gasteiger partial charge in [0, 0.05) is 36.9 Å². The van der Waals surface area contributed by atoms with Gasteiger partial charge in [0.2, 0.25) is 11.8 Å². The normalized spacial score (nSPS) is 28.5. The van der Waals surface area contributed by atoms with Crippen LogP contribution in [0.3, 0.4) is 0 Å². The molecule has 5 amide bonds. The molecule has 6 rings (SSSR count). The van der Waals surface area contributed by atoms with Gasteiger partial charge in [-0.05, 0) is 63.6 Å². The zero-order chi connectivity index (χ0) is 39.9. The number of halogens is 3. The zero-order valence-electron chi connectivity index (χ0n) is 30.9. The van der Waals surface area contributed by atoms with Crippen molar-refractivity contribution in [2.75, 3.05) is 19.6 Å². The first-order valence-electron chi connectivity index (χ1n) is 18.5. The summed E-state index contributed by atoms with van der Waals surface area (Å²) in [5.74, 6) is -6.46. The Bertz CT molecular complexity index is 1860. The van der Waals surface area contributed by atoms with Gasteiger partial charge in [0.05, 0.1) is 19.6 Å². The SMILES string of the molecule is CC(C)(C)OC(=O)N[C@H]1CCCCCC=C[C@@H]2C[C@@]2(C(=O)NS(=O)(=O)N2CCC(F)(F)C2)NC(=O)[C@@H]2C[C@@H](OC(=O)N3Cc4cccc(Cl)c4C3)CN2C1=O. The van der Waals surface area contributed by atoms with Crippen LogP contribution in [-0.4, -0.2) is 107 Å². The van der Waals surface area contributed by atoms with Crippen LogP contribution in [0.25, 0.3) is 0 Å². The van der Waals surface area contributed by atoms with E-state index in [-0.39, 0.29) is 38.9 Å². The molecule has 0 radical (unpaired) electrons. The quantitative estimate of drug-likeness (QED) is 0.373. The summed E-state index contributed by atoms with van der Waals surface area (Å²) in [7, 11) is -4.69. The summed E-state index contributed by atoms with van der Waals surface area (Å²) in [6.45, 7) is 3.64. The summed E-state index contributed by atoms with van der Waals surface area (Å²) in [6.07, 6.45) is 2.84. The van der Waals surface area contributed by atoms with Crippen LogP contribution in [0.15, 0.2) is 30.4 Å². The summed E-state index contributed by atoms with van der Waals surface area (Å²) >= 11 is 6.34. The minimum Gasteiger partial charge on any atom is -0.444 e. The molecular formula is C36H47ClF2N6O9S. The number of hydrogen-bond donors (Lipinski definition) is 3. The Morgan fingerprint density at radius 1 is 1.09 bits per heavy atom. The largest absolute Gasteiger partial charge is 0.444 e. The molecule has 0 unspecified atom stereocenters. The second kappa shape index (κ2) is 15.5. The fraction of sp³-hybridized carbons (Fsp3) is 0.639. The average Bonchev–Trinajstić information content (AvgIpc) is 3.41. The molecule has 0 aromatic heterocycles. The maximum absolute atomic E-state index is 14.4. The highest BCUT2D eigenvalue weighted by molar-refractivity contribution is 7.87. The summed E-state index contributed by atoms with van der Waals surface area (Å²) < 4.78 is 67.6. The van der Waals surface area contributed by atoms with Crippen molar-refractivity contribution in [3.8, 4) is 0 Å². The lowest BCUT2D eigenvalue weighted by Gasteiger charge is -2.30. The minimum atomic E-state index is -4.69. The monoisotopic (exact) mass is 812 g/mol. The van der Waals surface area contributed by atoms with Gasteiger partial charge in [0.25, 0.3) is 11.8 Å². The maximum Gasteiger partial charge on any atom is 0.410 e. The predicted molar refractivity (Wildman–Crippen MR) is 194 cm³/mol. The Hall–Kier alpha value is -4.03. The third kappa shape index (κ3) is 9.34. The molecular weight excluding hydrogens is 766 g/mol. The van der Waals surface area contributed by atoms with Crippen LogP contribution in [0.1, 0.15) is 83.3 Å². The Morgan fingerprint density at radius 3 is 2.55 bits per heavy atom. The Balaban J connectivity index is 1.25. The zero-order valence-corrected chi connectivity index (χ0v) is 32.5. The number of ether oxygens (including phenoxy) is 2. The van der Waals surface area contributed by atoms with Crippen LogP contribution < -0.4 is 15.4 Å². The Labute approximate surface area is 323 Å². The number of amides is 5. The number of nitrogens with zero attached hydrogens (tertiary/aromatic N) is 3. The van der Waals surface area contributed by atoms with Gasteiger partial charge in [-0.2, -0.15) is 12.7 Å². The molecule has 5 atom stereocenters. The molecule has 0 spiro atoms. The molecule has 19 heteroatoms. The molecule has 1 saturated carbocycles. The van der Waals surface area contributed by atoms with Crippen LogP contribution in [0.4, 0.5) is 18.4 Å². The van der Waals surface area contributed by atoms with Crippen LogP contribution in [-0.2, 0) is 47.2 Å². The molecule has 15 nitrogen and oxygen atoms in total. The van der Waals surface area contributed by atoms with E-state index in [1.807, 2.05) is 16.9 Å². The fourth-order valence-electron chi connectivity index (χ4n) is 7.52. The van der Waals surface area contributed by atoms with Crippen molar-refractivity contribution in [3.63, 3.8) is 0 Å². The molecule has 1 aliphatic carbocycles. The van der Waals surface area contributed by atoms with E-state index in [0.717, 1.165) is 11.1 Å². The van der Waals surface area contributed by atoms with Crippen molar-refractivity contribution in [2.45, 2.75) is 120 Å². The van der Waals surface area contributed by atoms with Crippen LogP contribution in [0, 0.1) is 5.92 Å². The number of benzene rings is 1. The molecule has 2 saturated heterocycles. The summed E-state index contributed by atoms with van der Waals surface area (Å²) in [6, 6.07) is 2.91. The van der Waals surface area contributed by atoms with E-state index in [9.17, 15) is 41.2 Å². The van der Waals surface area contributed by atoms with Crippen molar-refractivity contribution < 1.29 is 50.6 Å². The van der Waals surface area contributed by atoms with Gasteiger partial charge in [-0.25, -0.2) is 23.1 Å². The Kier molecular flexibility index (Phi) is 11.4. The molecule has 3 N–H and O–H groups in total. The first kappa shape index (κ1) is 40.6. The highest BCUT2D eigenvalue weighted by Crippen LogP contribution is 2.46. The number of hydrogen-bond acceptors (Lipinski definition) is 9. The molecule has 1 aromatic carbocycles. The highest BCUT2D eigenvalue weighted by Gasteiger charge is 2.62. The summed E-state index contributed by atoms with van der Waals surface area (Å²) in [4.78, 5) is 71.4. The Morgan fingerprint density at radius 2 is 1.85 bits per heavy atom. The number of carbonyl (C=O) groups is 5. The highest BCUT2D eigenvalue weighted by atomic mass is 35.5. The molecule has 302 valence electrons. The van der Waals surface area contributed by atoms with Crippen molar-refractivity contribution in [1.29, 1.82) is 0 Å². The standard InChI is InChI=1S/C36H47ClF2N6O9S/c1-34(2,3)54-32(49)40-27-13-8-6-4-5-7-11-23-17-36(23,31(48)42-55(51,52)44-15-14-35(38,39)21-44)41-29(46)28-16-24(19-45(28)30(27)47)53-33(50)43-18-22-10-9-12-26(37)25(22)20-43/h7,9-12,23-24,27-28H,4-6,8,13-21H2,1-3H3,(H,40,49)(H,41,46)(H,42,48)/t23-,24-,27+,28+,36-/m1/s1. The number of fused-ring (bicyclic) bond motifs is 3. The fourth-order valence-corrected chi connectivity index (χ4v) is 9.01. The van der Waals surface area contributed by atoms with Crippen molar-refractivity contribution >= 4 is 51.7 Å². The summed E-state index contributed by atoms with van der Waals surface area (Å²) in [5, 5.41) is 5.84. The van der Waals surface area contributed by atoms with Crippen LogP contribution in [0.5, 0.6) is 0 Å². The minimum absolute atomic E-state index is 0.00668. The first-order chi connectivity index (χ1) is 25.8. The lowest BCUT2D eigenvalue weighted by atomic mass is 10.0. The third-order valence-corrected chi connectivity index (χ3v) is 12.3. The van der Waals surface area contributed by atoms with Gasteiger partial charge in [-0.1, -0.05) is 48.7 Å². The lowest BCUT2D eigenvalue weighted by molar-refractivity contribution is -0.141. The number of alkyl halides is 2. The molecule has 1 aromatic rings. The third-order valence-electron chi connectivity index (χ3n) is 10.5. The summed E-state index contributed by atoms with van der Waals surface area (Å²) in [5.41, 5.74) is -1.01. The van der Waals surface area contributed by atoms with Crippen molar-refractivity contribution in [3.05, 3.63) is 46.5 Å². The molecule has 4 heterocycles. The van der Waals surface area contributed by atoms with E-state index >= 15 is 0 Å². The van der Waals surface area contributed by atoms with Crippen molar-refractivity contribution in [2.24, 2.45) is 5.92 Å². The smallest absolute Gasteiger partial charge is 0.410 e. The maximum atomic E-state index is 14.4. The molecule has 3 fully saturated rings. The van der Waals surface area contributed by atoms with Gasteiger partial charge < -0.3 is 25.0 Å². The van der Waals surface area contributed by atoms with E-state index in [1.54, 1.807) is 39.0 Å². The lowest BCUT2D eigenvalue weighted by Crippen LogP contribution is -2.59. The van der Waals surface area contributed by atoms with Crippen LogP contribution in [0.2, 0.25) is 5.02 Å². The van der Waals surface area contributed by atoms with Gasteiger partial charge in [0.15, 0.2) is 0 Å². The van der Waals surface area contributed by atoms with Crippen LogP contribution >= 0.6 is 11.6 Å². The van der Waals surface area contributed by atoms with E-state index in [4.69, 9.17) is 21.1 Å². The molecule has 0 bridgehead atoms. The van der Waals surface area contributed by atoms with Gasteiger partial charge in [-0.15, -0.1) is 0 Å². The molecule has 5 aliphatic rings. The van der Waals surface area contributed by atoms with E-state index in [2.05, 4.69) is 10.6 Å².